The lowest BCUT2D eigenvalue weighted by Gasteiger charge is -2.38. The van der Waals surface area contributed by atoms with Gasteiger partial charge in [0.2, 0.25) is 5.91 Å². The van der Waals surface area contributed by atoms with Crippen LogP contribution in [0.15, 0.2) is 17.2 Å². The quantitative estimate of drug-likeness (QED) is 0.572. The summed E-state index contributed by atoms with van der Waals surface area (Å²) in [5.74, 6) is 1.88. The molecular weight excluding hydrogens is 472 g/mol. The van der Waals surface area contributed by atoms with Crippen molar-refractivity contribution in [3.8, 4) is 0 Å². The summed E-state index contributed by atoms with van der Waals surface area (Å²) in [4.78, 5) is 51.3. The molecule has 11 heteroatoms. The Morgan fingerprint density at radius 3 is 2.79 bits per heavy atom. The molecule has 3 aliphatic rings. The third-order valence-corrected chi connectivity index (χ3v) is 9.48. The van der Waals surface area contributed by atoms with E-state index in [1.807, 2.05) is 6.92 Å². The predicted molar refractivity (Wildman–Crippen MR) is 133 cm³/mol. The first-order valence-corrected chi connectivity index (χ1v) is 13.2. The summed E-state index contributed by atoms with van der Waals surface area (Å²) >= 11 is 3.30. The third kappa shape index (κ3) is 3.02. The monoisotopic (exact) mass is 496 g/mol. The molecule has 0 saturated carbocycles. The molecule has 0 radical (unpaired) electrons. The van der Waals surface area contributed by atoms with Crippen LogP contribution in [0.2, 0.25) is 0 Å². The van der Waals surface area contributed by atoms with Gasteiger partial charge in [0.25, 0.3) is 11.5 Å². The SMILES string of the molecule is Cc1cc(Nc2ncnc3sc4c(c23)CC[C@H](C(=O)N(C)C)C4)c(=O)n2c1C(=O)NC21CSC1. The molecule has 0 aromatic carbocycles. The molecular formula is C23H24N6O3S2. The Labute approximate surface area is 204 Å². The number of thiophene rings is 1. The zero-order chi connectivity index (χ0) is 23.8. The summed E-state index contributed by atoms with van der Waals surface area (Å²) in [5, 5.41) is 7.21. The number of fused-ring (bicyclic) bond motifs is 5. The molecule has 1 spiro atoms. The van der Waals surface area contributed by atoms with Crippen LogP contribution in [0.1, 0.15) is 32.9 Å². The lowest BCUT2D eigenvalue weighted by molar-refractivity contribution is -0.133. The number of hydrogen-bond acceptors (Lipinski definition) is 8. The average Bonchev–Trinajstić information content (AvgIpc) is 3.32. The van der Waals surface area contributed by atoms with Crippen LogP contribution in [-0.2, 0) is 23.3 Å². The minimum atomic E-state index is -0.632. The van der Waals surface area contributed by atoms with Gasteiger partial charge in [0.1, 0.15) is 34.0 Å². The van der Waals surface area contributed by atoms with Crippen molar-refractivity contribution < 1.29 is 9.59 Å². The van der Waals surface area contributed by atoms with Crippen molar-refractivity contribution in [3.63, 3.8) is 0 Å². The fourth-order valence-electron chi connectivity index (χ4n) is 5.26. The topological polar surface area (TPSA) is 109 Å². The van der Waals surface area contributed by atoms with E-state index in [1.54, 1.807) is 52.7 Å². The van der Waals surface area contributed by atoms with Crippen molar-refractivity contribution in [1.82, 2.24) is 24.8 Å². The van der Waals surface area contributed by atoms with Gasteiger partial charge in [0, 0.05) is 36.4 Å². The van der Waals surface area contributed by atoms with Crippen molar-refractivity contribution in [2.45, 2.75) is 31.8 Å². The molecule has 5 heterocycles. The molecule has 3 aromatic rings. The van der Waals surface area contributed by atoms with Gasteiger partial charge in [-0.3, -0.25) is 19.0 Å². The van der Waals surface area contributed by atoms with Gasteiger partial charge >= 0.3 is 0 Å². The fourth-order valence-corrected chi connectivity index (χ4v) is 7.52. The maximum absolute atomic E-state index is 13.5. The highest BCUT2D eigenvalue weighted by molar-refractivity contribution is 8.00. The van der Waals surface area contributed by atoms with Gasteiger partial charge in [-0.25, -0.2) is 9.97 Å². The number of rotatable bonds is 3. The van der Waals surface area contributed by atoms with Gasteiger partial charge in [-0.2, -0.15) is 11.8 Å². The molecule has 176 valence electrons. The minimum absolute atomic E-state index is 0.0227. The molecule has 1 saturated heterocycles. The number of carbonyl (C=O) groups excluding carboxylic acids is 2. The molecule has 1 aliphatic carbocycles. The van der Waals surface area contributed by atoms with Crippen LogP contribution >= 0.6 is 23.1 Å². The van der Waals surface area contributed by atoms with Crippen molar-refractivity contribution in [2.75, 3.05) is 30.9 Å². The predicted octanol–water partition coefficient (Wildman–Crippen LogP) is 2.24. The zero-order valence-corrected chi connectivity index (χ0v) is 20.7. The van der Waals surface area contributed by atoms with Gasteiger partial charge < -0.3 is 15.5 Å². The second-order valence-corrected chi connectivity index (χ2v) is 11.5. The van der Waals surface area contributed by atoms with E-state index in [4.69, 9.17) is 0 Å². The summed E-state index contributed by atoms with van der Waals surface area (Å²) < 4.78 is 1.63. The van der Waals surface area contributed by atoms with Gasteiger partial charge in [-0.1, -0.05) is 0 Å². The number of aryl methyl sites for hydroxylation is 2. The van der Waals surface area contributed by atoms with E-state index in [0.717, 1.165) is 39.1 Å². The molecule has 2 amide bonds. The summed E-state index contributed by atoms with van der Waals surface area (Å²) in [7, 11) is 3.59. The Morgan fingerprint density at radius 2 is 2.09 bits per heavy atom. The highest BCUT2D eigenvalue weighted by atomic mass is 32.2. The van der Waals surface area contributed by atoms with E-state index < -0.39 is 5.66 Å². The largest absolute Gasteiger partial charge is 0.349 e. The van der Waals surface area contributed by atoms with E-state index in [0.29, 0.717) is 35.1 Å². The van der Waals surface area contributed by atoms with Crippen LogP contribution in [0, 0.1) is 12.8 Å². The lowest BCUT2D eigenvalue weighted by atomic mass is 9.87. The van der Waals surface area contributed by atoms with Crippen LogP contribution in [0.3, 0.4) is 0 Å². The first kappa shape index (κ1) is 21.6. The number of carbonyl (C=O) groups is 2. The van der Waals surface area contributed by atoms with Crippen molar-refractivity contribution in [3.05, 3.63) is 44.4 Å². The zero-order valence-electron chi connectivity index (χ0n) is 19.1. The number of amides is 2. The highest BCUT2D eigenvalue weighted by Gasteiger charge is 2.49. The Balaban J connectivity index is 1.41. The van der Waals surface area contributed by atoms with Crippen molar-refractivity contribution >= 4 is 56.6 Å². The highest BCUT2D eigenvalue weighted by Crippen LogP contribution is 2.41. The fraction of sp³-hybridized carbons (Fsp3) is 0.435. The number of aromatic nitrogens is 3. The number of nitrogens with one attached hydrogen (secondary N) is 2. The number of nitrogens with zero attached hydrogens (tertiary/aromatic N) is 4. The smallest absolute Gasteiger partial charge is 0.276 e. The lowest BCUT2D eigenvalue weighted by Crippen LogP contribution is -2.57. The molecule has 9 nitrogen and oxygen atoms in total. The minimum Gasteiger partial charge on any atom is -0.349 e. The van der Waals surface area contributed by atoms with Crippen molar-refractivity contribution in [1.29, 1.82) is 0 Å². The van der Waals surface area contributed by atoms with E-state index in [9.17, 15) is 14.4 Å². The van der Waals surface area contributed by atoms with E-state index in [2.05, 4.69) is 20.6 Å². The molecule has 34 heavy (non-hydrogen) atoms. The maximum atomic E-state index is 13.5. The van der Waals surface area contributed by atoms with Gasteiger partial charge in [-0.05, 0) is 43.4 Å². The Bertz CT molecular complexity index is 1440. The standard InChI is InChI=1S/C23H24N6O3S2/c1-11-6-14(22(32)29-17(11)19(30)27-23(29)8-33-9-23)26-18-16-13-5-4-12(21(31)28(2)3)7-15(13)34-20(16)25-10-24-18/h6,10,12H,4-5,7-9H2,1-3H3,(H,27,30)(H,24,25,26)/t12-/m0/s1. The molecule has 0 bridgehead atoms. The van der Waals surface area contributed by atoms with E-state index in [-0.39, 0.29) is 23.3 Å². The summed E-state index contributed by atoms with van der Waals surface area (Å²) in [5.41, 5.74) is 1.88. The Kier molecular flexibility index (Phi) is 4.79. The van der Waals surface area contributed by atoms with Crippen LogP contribution in [0.5, 0.6) is 0 Å². The average molecular weight is 497 g/mol. The summed E-state index contributed by atoms with van der Waals surface area (Å²) in [6, 6.07) is 1.73. The van der Waals surface area contributed by atoms with Crippen LogP contribution in [0.25, 0.3) is 10.2 Å². The Hall–Kier alpha value is -2.92. The molecule has 3 aromatic heterocycles. The molecule has 2 N–H and O–H groups in total. The van der Waals surface area contributed by atoms with E-state index in [1.165, 1.54) is 6.33 Å². The summed E-state index contributed by atoms with van der Waals surface area (Å²) in [6.45, 7) is 1.85. The first-order chi connectivity index (χ1) is 16.3. The molecule has 2 aliphatic heterocycles. The molecule has 1 atom stereocenters. The Morgan fingerprint density at radius 1 is 1.29 bits per heavy atom. The van der Waals surface area contributed by atoms with Gasteiger partial charge in [-0.15, -0.1) is 11.3 Å². The maximum Gasteiger partial charge on any atom is 0.276 e. The van der Waals surface area contributed by atoms with Gasteiger partial charge in [0.05, 0.1) is 5.39 Å². The second-order valence-electron chi connectivity index (χ2n) is 9.41. The molecule has 0 unspecified atom stereocenters. The first-order valence-electron chi connectivity index (χ1n) is 11.2. The van der Waals surface area contributed by atoms with Crippen LogP contribution < -0.4 is 16.2 Å². The van der Waals surface area contributed by atoms with Crippen LogP contribution in [0.4, 0.5) is 11.5 Å². The van der Waals surface area contributed by atoms with E-state index >= 15 is 0 Å². The van der Waals surface area contributed by atoms with Crippen LogP contribution in [-0.4, -0.2) is 56.9 Å². The molecule has 6 rings (SSSR count). The number of anilines is 2. The molecule has 1 fully saturated rings. The van der Waals surface area contributed by atoms with Gasteiger partial charge in [0.15, 0.2) is 0 Å². The summed E-state index contributed by atoms with van der Waals surface area (Å²) in [6.07, 6.45) is 3.74. The third-order valence-electron chi connectivity index (χ3n) is 6.95. The number of thioether (sulfide) groups is 1. The second kappa shape index (κ2) is 7.54. The normalized spacial score (nSPS) is 20.0. The number of hydrogen-bond donors (Lipinski definition) is 2. The van der Waals surface area contributed by atoms with Crippen molar-refractivity contribution in [2.24, 2.45) is 5.92 Å². The number of pyridine rings is 1.